The SMILES string of the molecule is Cc1ccc(S(C)(=O)=O)cc1C(=O)N[C@@H](c1ccccc1)C1CC1. The summed E-state index contributed by atoms with van der Waals surface area (Å²) in [6, 6.07) is 14.6. The number of hydrogen-bond acceptors (Lipinski definition) is 3. The van der Waals surface area contributed by atoms with Gasteiger partial charge < -0.3 is 5.32 Å². The summed E-state index contributed by atoms with van der Waals surface area (Å²) in [5, 5.41) is 3.10. The number of benzene rings is 2. The second kappa shape index (κ2) is 6.40. The number of carbonyl (C=O) groups excluding carboxylic acids is 1. The normalized spacial score (nSPS) is 15.8. The van der Waals surface area contributed by atoms with Crippen LogP contribution in [0, 0.1) is 12.8 Å². The summed E-state index contributed by atoms with van der Waals surface area (Å²) in [6.07, 6.45) is 3.35. The first-order chi connectivity index (χ1) is 11.4. The maximum Gasteiger partial charge on any atom is 0.252 e. The fourth-order valence-corrected chi connectivity index (χ4v) is 3.51. The Morgan fingerprint density at radius 3 is 2.38 bits per heavy atom. The summed E-state index contributed by atoms with van der Waals surface area (Å²) in [6.45, 7) is 1.82. The quantitative estimate of drug-likeness (QED) is 0.906. The van der Waals surface area contributed by atoms with Crippen LogP contribution < -0.4 is 5.32 Å². The van der Waals surface area contributed by atoms with Crippen molar-refractivity contribution in [1.29, 1.82) is 0 Å². The second-order valence-corrected chi connectivity index (χ2v) is 8.46. The molecule has 0 radical (unpaired) electrons. The van der Waals surface area contributed by atoms with Crippen molar-refractivity contribution >= 4 is 15.7 Å². The van der Waals surface area contributed by atoms with E-state index in [-0.39, 0.29) is 16.8 Å². The molecule has 1 saturated carbocycles. The lowest BCUT2D eigenvalue weighted by Crippen LogP contribution is -2.30. The predicted molar refractivity (Wildman–Crippen MR) is 93.7 cm³/mol. The van der Waals surface area contributed by atoms with E-state index < -0.39 is 9.84 Å². The molecule has 24 heavy (non-hydrogen) atoms. The summed E-state index contributed by atoms with van der Waals surface area (Å²) in [7, 11) is -3.34. The molecule has 1 aliphatic rings. The average Bonchev–Trinajstić information content (AvgIpc) is 3.37. The van der Waals surface area contributed by atoms with Gasteiger partial charge in [-0.1, -0.05) is 36.4 Å². The topological polar surface area (TPSA) is 63.2 Å². The van der Waals surface area contributed by atoms with Crippen molar-refractivity contribution in [2.75, 3.05) is 6.26 Å². The predicted octanol–water partition coefficient (Wildman–Crippen LogP) is 3.28. The van der Waals surface area contributed by atoms with Gasteiger partial charge in [-0.3, -0.25) is 4.79 Å². The minimum Gasteiger partial charge on any atom is -0.345 e. The van der Waals surface area contributed by atoms with Crippen LogP contribution in [0.15, 0.2) is 53.4 Å². The highest BCUT2D eigenvalue weighted by atomic mass is 32.2. The maximum atomic E-state index is 12.8. The van der Waals surface area contributed by atoms with E-state index >= 15 is 0 Å². The molecule has 0 unspecified atom stereocenters. The first kappa shape index (κ1) is 16.7. The van der Waals surface area contributed by atoms with Gasteiger partial charge in [0.1, 0.15) is 0 Å². The molecule has 0 aliphatic heterocycles. The van der Waals surface area contributed by atoms with E-state index in [2.05, 4.69) is 5.32 Å². The number of sulfone groups is 1. The van der Waals surface area contributed by atoms with E-state index in [0.29, 0.717) is 11.5 Å². The third-order valence-electron chi connectivity index (χ3n) is 4.42. The van der Waals surface area contributed by atoms with Gasteiger partial charge in [0.25, 0.3) is 5.91 Å². The van der Waals surface area contributed by atoms with Gasteiger partial charge in [-0.2, -0.15) is 0 Å². The number of nitrogens with one attached hydrogen (secondary N) is 1. The van der Waals surface area contributed by atoms with Crippen molar-refractivity contribution in [3.63, 3.8) is 0 Å². The highest BCUT2D eigenvalue weighted by Gasteiger charge is 2.33. The Labute approximate surface area is 142 Å². The van der Waals surface area contributed by atoms with Crippen LogP contribution in [0.2, 0.25) is 0 Å². The van der Waals surface area contributed by atoms with E-state index in [1.165, 1.54) is 12.1 Å². The van der Waals surface area contributed by atoms with E-state index in [9.17, 15) is 13.2 Å². The van der Waals surface area contributed by atoms with Crippen molar-refractivity contribution in [1.82, 2.24) is 5.32 Å². The zero-order chi connectivity index (χ0) is 17.3. The molecule has 0 aromatic heterocycles. The minimum absolute atomic E-state index is 0.0278. The molecule has 4 nitrogen and oxygen atoms in total. The van der Waals surface area contributed by atoms with Gasteiger partial charge in [0, 0.05) is 11.8 Å². The molecule has 0 saturated heterocycles. The van der Waals surface area contributed by atoms with Crippen LogP contribution in [-0.2, 0) is 9.84 Å². The Kier molecular flexibility index (Phi) is 4.45. The fourth-order valence-electron chi connectivity index (χ4n) is 2.86. The number of rotatable bonds is 5. The third-order valence-corrected chi connectivity index (χ3v) is 5.53. The van der Waals surface area contributed by atoms with Crippen LogP contribution in [0.3, 0.4) is 0 Å². The van der Waals surface area contributed by atoms with Gasteiger partial charge >= 0.3 is 0 Å². The molecule has 1 amide bonds. The largest absolute Gasteiger partial charge is 0.345 e. The lowest BCUT2D eigenvalue weighted by Gasteiger charge is -2.19. The molecule has 2 aromatic carbocycles. The van der Waals surface area contributed by atoms with Crippen molar-refractivity contribution < 1.29 is 13.2 Å². The number of aryl methyl sites for hydroxylation is 1. The van der Waals surface area contributed by atoms with Crippen LogP contribution in [0.1, 0.15) is 40.4 Å². The Morgan fingerprint density at radius 2 is 1.79 bits per heavy atom. The van der Waals surface area contributed by atoms with Gasteiger partial charge in [0.2, 0.25) is 0 Å². The van der Waals surface area contributed by atoms with E-state index in [4.69, 9.17) is 0 Å². The molecule has 2 aromatic rings. The smallest absolute Gasteiger partial charge is 0.252 e. The lowest BCUT2D eigenvalue weighted by atomic mass is 10.0. The maximum absolute atomic E-state index is 12.8. The molecule has 1 N–H and O–H groups in total. The minimum atomic E-state index is -3.34. The molecule has 3 rings (SSSR count). The zero-order valence-corrected chi connectivity index (χ0v) is 14.6. The average molecular weight is 343 g/mol. The summed E-state index contributed by atoms with van der Waals surface area (Å²) >= 11 is 0. The molecule has 1 fully saturated rings. The van der Waals surface area contributed by atoms with Gasteiger partial charge in [-0.05, 0) is 48.9 Å². The Hall–Kier alpha value is -2.14. The van der Waals surface area contributed by atoms with Crippen LogP contribution in [0.5, 0.6) is 0 Å². The van der Waals surface area contributed by atoms with E-state index in [0.717, 1.165) is 30.2 Å². The molecule has 1 aliphatic carbocycles. The van der Waals surface area contributed by atoms with Crippen LogP contribution in [0.4, 0.5) is 0 Å². The van der Waals surface area contributed by atoms with Crippen LogP contribution >= 0.6 is 0 Å². The Bertz CT molecular complexity index is 855. The monoisotopic (exact) mass is 343 g/mol. The van der Waals surface area contributed by atoms with E-state index in [1.54, 1.807) is 6.07 Å². The molecular formula is C19H21NO3S. The van der Waals surface area contributed by atoms with Crippen molar-refractivity contribution in [3.05, 3.63) is 65.2 Å². The van der Waals surface area contributed by atoms with Crippen molar-refractivity contribution in [2.24, 2.45) is 5.92 Å². The van der Waals surface area contributed by atoms with Gasteiger partial charge in [-0.15, -0.1) is 0 Å². The first-order valence-electron chi connectivity index (χ1n) is 8.03. The second-order valence-electron chi connectivity index (χ2n) is 6.45. The first-order valence-corrected chi connectivity index (χ1v) is 9.92. The van der Waals surface area contributed by atoms with Crippen molar-refractivity contribution in [2.45, 2.75) is 30.7 Å². The standard InChI is InChI=1S/C19H21NO3S/c1-13-8-11-16(24(2,22)23)12-17(13)19(21)20-18(15-9-10-15)14-6-4-3-5-7-14/h3-8,11-12,15,18H,9-10H2,1-2H3,(H,20,21)/t18-/m0/s1. The Balaban J connectivity index is 1.89. The molecular weight excluding hydrogens is 322 g/mol. The molecule has 0 spiro atoms. The molecule has 1 atom stereocenters. The van der Waals surface area contributed by atoms with Gasteiger partial charge in [0.05, 0.1) is 10.9 Å². The van der Waals surface area contributed by atoms with Gasteiger partial charge in [-0.25, -0.2) is 8.42 Å². The molecule has 0 heterocycles. The number of amides is 1. The third kappa shape index (κ3) is 3.67. The van der Waals surface area contributed by atoms with E-state index in [1.807, 2.05) is 37.3 Å². The summed E-state index contributed by atoms with van der Waals surface area (Å²) in [4.78, 5) is 12.9. The number of carbonyl (C=O) groups is 1. The van der Waals surface area contributed by atoms with Crippen molar-refractivity contribution in [3.8, 4) is 0 Å². The number of hydrogen-bond donors (Lipinski definition) is 1. The van der Waals surface area contributed by atoms with Gasteiger partial charge in [0.15, 0.2) is 9.84 Å². The molecule has 5 heteroatoms. The Morgan fingerprint density at radius 1 is 1.12 bits per heavy atom. The molecule has 126 valence electrons. The summed E-state index contributed by atoms with van der Waals surface area (Å²) in [5.41, 5.74) is 2.27. The summed E-state index contributed by atoms with van der Waals surface area (Å²) in [5.74, 6) is 0.230. The summed E-state index contributed by atoms with van der Waals surface area (Å²) < 4.78 is 23.5. The van der Waals surface area contributed by atoms with Crippen LogP contribution in [-0.4, -0.2) is 20.6 Å². The lowest BCUT2D eigenvalue weighted by molar-refractivity contribution is 0.0931. The molecule has 0 bridgehead atoms. The van der Waals surface area contributed by atoms with Crippen LogP contribution in [0.25, 0.3) is 0 Å². The fraction of sp³-hybridized carbons (Fsp3) is 0.316. The zero-order valence-electron chi connectivity index (χ0n) is 13.8. The highest BCUT2D eigenvalue weighted by Crippen LogP contribution is 2.41. The highest BCUT2D eigenvalue weighted by molar-refractivity contribution is 7.90.